The molecule has 1 aromatic carbocycles. The number of rotatable bonds is 2. The van der Waals surface area contributed by atoms with Crippen LogP contribution in [-0.2, 0) is 4.74 Å². The van der Waals surface area contributed by atoms with Gasteiger partial charge < -0.3 is 14.8 Å². The molecule has 0 amide bonds. The zero-order chi connectivity index (χ0) is 14.1. The van der Waals surface area contributed by atoms with Crippen LogP contribution < -0.4 is 5.46 Å². The minimum atomic E-state index is -1.60. The minimum absolute atomic E-state index is 0.283. The van der Waals surface area contributed by atoms with Crippen molar-refractivity contribution < 1.29 is 19.6 Å². The Balaban J connectivity index is 3.19. The van der Waals surface area contributed by atoms with Crippen LogP contribution in [0.4, 0.5) is 0 Å². The Labute approximate surface area is 121 Å². The average Bonchev–Trinajstić information content (AvgIpc) is 2.18. The van der Waals surface area contributed by atoms with Crippen LogP contribution in [0.25, 0.3) is 0 Å². The van der Waals surface area contributed by atoms with Crippen molar-refractivity contribution in [3.63, 3.8) is 0 Å². The van der Waals surface area contributed by atoms with Gasteiger partial charge in [0.25, 0.3) is 0 Å². The number of carbonyl (C=O) groups is 1. The summed E-state index contributed by atoms with van der Waals surface area (Å²) in [4.78, 5) is 12.0. The molecule has 0 spiro atoms. The van der Waals surface area contributed by atoms with E-state index in [9.17, 15) is 14.8 Å². The van der Waals surface area contributed by atoms with Crippen LogP contribution in [0.5, 0.6) is 0 Å². The lowest BCUT2D eigenvalue weighted by Crippen LogP contribution is -2.32. The monoisotopic (exact) mass is 362 g/mol. The lowest BCUT2D eigenvalue weighted by Gasteiger charge is -2.20. The Morgan fingerprint density at radius 2 is 1.89 bits per heavy atom. The molecule has 2 N–H and O–H groups in total. The molecule has 0 aliphatic heterocycles. The van der Waals surface area contributed by atoms with Gasteiger partial charge in [-0.3, -0.25) is 0 Å². The number of hydrogen-bond acceptors (Lipinski definition) is 4. The molecule has 1 aromatic rings. The number of halogens is 1. The van der Waals surface area contributed by atoms with Gasteiger partial charge in [-0.2, -0.15) is 0 Å². The van der Waals surface area contributed by atoms with E-state index in [1.165, 1.54) is 6.07 Å². The molecule has 0 aliphatic carbocycles. The number of benzene rings is 1. The van der Waals surface area contributed by atoms with E-state index in [2.05, 4.69) is 0 Å². The lowest BCUT2D eigenvalue weighted by molar-refractivity contribution is 0.00688. The molecular weight excluding hydrogens is 346 g/mol. The maximum atomic E-state index is 12.0. The summed E-state index contributed by atoms with van der Waals surface area (Å²) < 4.78 is 6.08. The van der Waals surface area contributed by atoms with E-state index >= 15 is 0 Å². The molecule has 0 saturated carbocycles. The number of hydrogen-bond donors (Lipinski definition) is 2. The van der Waals surface area contributed by atoms with E-state index in [-0.39, 0.29) is 5.46 Å². The normalized spacial score (nSPS) is 11.3. The van der Waals surface area contributed by atoms with Crippen molar-refractivity contribution in [3.05, 3.63) is 26.8 Å². The van der Waals surface area contributed by atoms with Crippen LogP contribution in [0.1, 0.15) is 36.7 Å². The Bertz CT molecular complexity index is 466. The van der Waals surface area contributed by atoms with Gasteiger partial charge >= 0.3 is 13.1 Å². The van der Waals surface area contributed by atoms with Crippen molar-refractivity contribution in [1.29, 1.82) is 0 Å². The first-order valence-corrected chi connectivity index (χ1v) is 6.59. The summed E-state index contributed by atoms with van der Waals surface area (Å²) >= 11 is 2.05. The van der Waals surface area contributed by atoms with E-state index in [1.807, 2.05) is 22.6 Å². The second kappa shape index (κ2) is 5.58. The van der Waals surface area contributed by atoms with E-state index in [0.29, 0.717) is 5.56 Å². The van der Waals surface area contributed by atoms with Gasteiger partial charge in [-0.05, 0) is 73.4 Å². The minimum Gasteiger partial charge on any atom is -0.456 e. The Hall–Kier alpha value is -0.595. The highest BCUT2D eigenvalue weighted by molar-refractivity contribution is 14.1. The number of ether oxygens (including phenoxy) is 1. The quantitative estimate of drug-likeness (QED) is 0.472. The van der Waals surface area contributed by atoms with E-state index < -0.39 is 18.7 Å². The summed E-state index contributed by atoms with van der Waals surface area (Å²) in [7, 11) is -1.60. The summed E-state index contributed by atoms with van der Waals surface area (Å²) in [6.45, 7) is 7.16. The standard InChI is InChI=1S/C12H16BIO4/c1-7-9(11(15)18-12(2,3)4)5-8(13(16)17)6-10(7)14/h5-6,16-17H,1-4H3. The molecule has 0 fully saturated rings. The van der Waals surface area contributed by atoms with Crippen molar-refractivity contribution in [1.82, 2.24) is 0 Å². The highest BCUT2D eigenvalue weighted by atomic mass is 127. The third kappa shape index (κ3) is 3.96. The van der Waals surface area contributed by atoms with Crippen LogP contribution in [0.15, 0.2) is 12.1 Å². The predicted molar refractivity (Wildman–Crippen MR) is 78.9 cm³/mol. The van der Waals surface area contributed by atoms with Crippen molar-refractivity contribution in [2.45, 2.75) is 33.3 Å². The third-order valence-electron chi connectivity index (χ3n) is 2.28. The smallest absolute Gasteiger partial charge is 0.456 e. The fraction of sp³-hybridized carbons (Fsp3) is 0.417. The van der Waals surface area contributed by atoms with E-state index in [1.54, 1.807) is 33.8 Å². The largest absolute Gasteiger partial charge is 0.488 e. The zero-order valence-corrected chi connectivity index (χ0v) is 13.0. The average molecular weight is 362 g/mol. The number of esters is 1. The Kier molecular flexibility index (Phi) is 4.80. The topological polar surface area (TPSA) is 66.8 Å². The van der Waals surface area contributed by atoms with Gasteiger partial charge in [-0.1, -0.05) is 0 Å². The van der Waals surface area contributed by atoms with Gasteiger partial charge in [0.2, 0.25) is 0 Å². The molecule has 0 aromatic heterocycles. The SMILES string of the molecule is Cc1c(I)cc(B(O)O)cc1C(=O)OC(C)(C)C. The fourth-order valence-corrected chi connectivity index (χ4v) is 2.04. The van der Waals surface area contributed by atoms with Gasteiger partial charge in [0.15, 0.2) is 0 Å². The second-order valence-electron chi connectivity index (χ2n) is 5.05. The molecule has 0 aliphatic rings. The number of carbonyl (C=O) groups excluding carboxylic acids is 1. The first-order valence-electron chi connectivity index (χ1n) is 5.51. The summed E-state index contributed by atoms with van der Waals surface area (Å²) in [6, 6.07) is 3.09. The summed E-state index contributed by atoms with van der Waals surface area (Å²) in [5.74, 6) is -0.458. The Morgan fingerprint density at radius 3 is 2.33 bits per heavy atom. The molecule has 18 heavy (non-hydrogen) atoms. The van der Waals surface area contributed by atoms with Crippen molar-refractivity contribution in [3.8, 4) is 0 Å². The highest BCUT2D eigenvalue weighted by Gasteiger charge is 2.23. The molecule has 0 bridgehead atoms. The molecule has 6 heteroatoms. The molecule has 0 saturated heterocycles. The van der Waals surface area contributed by atoms with Gasteiger partial charge in [0, 0.05) is 3.57 Å². The summed E-state index contributed by atoms with van der Waals surface area (Å²) in [5, 5.41) is 18.4. The molecule has 0 radical (unpaired) electrons. The Morgan fingerprint density at radius 1 is 1.33 bits per heavy atom. The first kappa shape index (κ1) is 15.5. The maximum Gasteiger partial charge on any atom is 0.488 e. The van der Waals surface area contributed by atoms with Gasteiger partial charge in [-0.15, -0.1) is 0 Å². The first-order chi connectivity index (χ1) is 8.11. The van der Waals surface area contributed by atoms with Crippen LogP contribution >= 0.6 is 22.6 Å². The van der Waals surface area contributed by atoms with Crippen LogP contribution in [-0.4, -0.2) is 28.7 Å². The third-order valence-corrected chi connectivity index (χ3v) is 3.40. The maximum absolute atomic E-state index is 12.0. The van der Waals surface area contributed by atoms with Crippen molar-refractivity contribution in [2.24, 2.45) is 0 Å². The van der Waals surface area contributed by atoms with Crippen LogP contribution in [0.3, 0.4) is 0 Å². The predicted octanol–water partition coefficient (Wildman–Crippen LogP) is 1.23. The summed E-state index contributed by atoms with van der Waals surface area (Å²) in [6.07, 6.45) is 0. The van der Waals surface area contributed by atoms with Gasteiger partial charge in [0.05, 0.1) is 5.56 Å². The van der Waals surface area contributed by atoms with E-state index in [0.717, 1.165) is 9.13 Å². The van der Waals surface area contributed by atoms with Gasteiger partial charge in [0.1, 0.15) is 5.60 Å². The van der Waals surface area contributed by atoms with Crippen LogP contribution in [0, 0.1) is 10.5 Å². The molecule has 0 unspecified atom stereocenters. The summed E-state index contributed by atoms with van der Waals surface area (Å²) in [5.41, 5.74) is 0.836. The van der Waals surface area contributed by atoms with Gasteiger partial charge in [-0.25, -0.2) is 4.79 Å². The molecule has 0 atom stereocenters. The zero-order valence-electron chi connectivity index (χ0n) is 10.8. The van der Waals surface area contributed by atoms with E-state index in [4.69, 9.17) is 4.74 Å². The van der Waals surface area contributed by atoms with Crippen molar-refractivity contribution >= 4 is 41.1 Å². The molecule has 4 nitrogen and oxygen atoms in total. The molecule has 98 valence electrons. The molecule has 0 heterocycles. The molecule has 1 rings (SSSR count). The second-order valence-corrected chi connectivity index (χ2v) is 6.21. The fourth-order valence-electron chi connectivity index (χ4n) is 1.39. The van der Waals surface area contributed by atoms with Crippen molar-refractivity contribution in [2.75, 3.05) is 0 Å². The lowest BCUT2D eigenvalue weighted by atomic mass is 9.79. The highest BCUT2D eigenvalue weighted by Crippen LogP contribution is 2.18. The van der Waals surface area contributed by atoms with Crippen LogP contribution in [0.2, 0.25) is 0 Å². The molecular formula is C12H16BIO4.